The summed E-state index contributed by atoms with van der Waals surface area (Å²) in [6.45, 7) is 3.22. The molecule has 0 N–H and O–H groups in total. The van der Waals surface area contributed by atoms with E-state index in [1.54, 1.807) is 0 Å². The van der Waals surface area contributed by atoms with Crippen LogP contribution in [0.2, 0.25) is 0 Å². The molecule has 0 bridgehead atoms. The molecule has 2 heteroatoms. The van der Waals surface area contributed by atoms with Crippen LogP contribution in [0.1, 0.15) is 6.42 Å². The first kappa shape index (κ1) is 6.21. The van der Waals surface area contributed by atoms with Crippen LogP contribution in [-0.2, 0) is 9.53 Å². The van der Waals surface area contributed by atoms with Crippen molar-refractivity contribution in [3.63, 3.8) is 0 Å². The van der Waals surface area contributed by atoms with Crippen LogP contribution in [0.3, 0.4) is 0 Å². The van der Waals surface area contributed by atoms with Crippen LogP contribution in [0.4, 0.5) is 0 Å². The fourth-order valence-corrected chi connectivity index (χ4v) is 0.174. The van der Waals surface area contributed by atoms with Gasteiger partial charge in [-0.3, -0.25) is 4.79 Å². The van der Waals surface area contributed by atoms with Crippen LogP contribution >= 0.6 is 0 Å². The second kappa shape index (κ2) is 3.40. The van der Waals surface area contributed by atoms with Gasteiger partial charge in [0.1, 0.15) is 0 Å². The Labute approximate surface area is 42.8 Å². The molecule has 0 unspecified atom stereocenters. The maximum absolute atomic E-state index is 10.1. The van der Waals surface area contributed by atoms with Crippen LogP contribution < -0.4 is 0 Å². The van der Waals surface area contributed by atoms with E-state index in [1.165, 1.54) is 7.11 Å². The Morgan fingerprint density at radius 2 is 2.57 bits per heavy atom. The number of methoxy groups -OCH3 is 1. The lowest BCUT2D eigenvalue weighted by atomic mass is 10.4. The molecule has 0 spiro atoms. The highest BCUT2D eigenvalue weighted by Crippen LogP contribution is 1.79. The zero-order chi connectivity index (χ0) is 5.70. The molecule has 7 heavy (non-hydrogen) atoms. The summed E-state index contributed by atoms with van der Waals surface area (Å²) in [4.78, 5) is 10.1. The minimum atomic E-state index is -0.296. The summed E-state index contributed by atoms with van der Waals surface area (Å²) >= 11 is 0. The van der Waals surface area contributed by atoms with E-state index in [2.05, 4.69) is 17.4 Å². The van der Waals surface area contributed by atoms with Crippen LogP contribution in [0, 0.1) is 6.08 Å². The topological polar surface area (TPSA) is 26.3 Å². The van der Waals surface area contributed by atoms with Crippen molar-refractivity contribution >= 4 is 5.97 Å². The third-order valence-corrected chi connectivity index (χ3v) is 0.497. The maximum Gasteiger partial charge on any atom is 0.309 e. The monoisotopic (exact) mass is 99.0 g/mol. The zero-order valence-electron chi connectivity index (χ0n) is 4.23. The molecule has 0 saturated heterocycles. The van der Waals surface area contributed by atoms with E-state index >= 15 is 0 Å². The first-order valence-corrected chi connectivity index (χ1v) is 1.88. The predicted octanol–water partition coefficient (Wildman–Crippen LogP) is 0.539. The Morgan fingerprint density at radius 1 is 2.00 bits per heavy atom. The standard InChI is InChI=1S/C5H7O2/c1-3-4-5(6)7-2/h1,4H2,2H3. The van der Waals surface area contributed by atoms with Gasteiger partial charge >= 0.3 is 5.97 Å². The van der Waals surface area contributed by atoms with Crippen molar-refractivity contribution in [1.82, 2.24) is 0 Å². The largest absolute Gasteiger partial charge is 0.469 e. The van der Waals surface area contributed by atoms with Crippen molar-refractivity contribution in [2.24, 2.45) is 0 Å². The smallest absolute Gasteiger partial charge is 0.309 e. The molecule has 0 aromatic rings. The van der Waals surface area contributed by atoms with Gasteiger partial charge < -0.3 is 4.74 Å². The van der Waals surface area contributed by atoms with Crippen molar-refractivity contribution in [3.8, 4) is 0 Å². The molecule has 2 nitrogen and oxygen atoms in total. The molecule has 0 atom stereocenters. The molecule has 0 rings (SSSR count). The summed E-state index contributed by atoms with van der Waals surface area (Å²) in [5.41, 5.74) is 0. The lowest BCUT2D eigenvalue weighted by Gasteiger charge is -1.88. The van der Waals surface area contributed by atoms with Crippen molar-refractivity contribution in [2.45, 2.75) is 6.42 Å². The van der Waals surface area contributed by atoms with Gasteiger partial charge in [-0.1, -0.05) is 6.58 Å². The highest BCUT2D eigenvalue weighted by atomic mass is 16.5. The van der Waals surface area contributed by atoms with Gasteiger partial charge in [0.25, 0.3) is 0 Å². The molecule has 0 aliphatic heterocycles. The number of esters is 1. The molecule has 0 saturated carbocycles. The van der Waals surface area contributed by atoms with E-state index in [-0.39, 0.29) is 12.4 Å². The molecule has 0 amide bonds. The van der Waals surface area contributed by atoms with E-state index in [1.807, 2.05) is 0 Å². The SMILES string of the molecule is C=[C]CC(=O)OC. The van der Waals surface area contributed by atoms with Crippen molar-refractivity contribution in [3.05, 3.63) is 12.7 Å². The molecule has 1 radical (unpaired) electrons. The van der Waals surface area contributed by atoms with Crippen LogP contribution in [0.25, 0.3) is 0 Å². The number of carbonyl (C=O) groups is 1. The van der Waals surface area contributed by atoms with Gasteiger partial charge in [0, 0.05) is 0 Å². The van der Waals surface area contributed by atoms with Gasteiger partial charge in [-0.15, -0.1) is 0 Å². The molecular weight excluding hydrogens is 92.1 g/mol. The van der Waals surface area contributed by atoms with Gasteiger partial charge in [-0.25, -0.2) is 0 Å². The number of hydrogen-bond donors (Lipinski definition) is 0. The second-order valence-electron chi connectivity index (χ2n) is 1.00. The van der Waals surface area contributed by atoms with Gasteiger partial charge in [0.05, 0.1) is 13.5 Å². The first-order chi connectivity index (χ1) is 3.31. The molecule has 0 heterocycles. The molecule has 0 aliphatic carbocycles. The maximum atomic E-state index is 10.1. The van der Waals surface area contributed by atoms with E-state index in [0.29, 0.717) is 0 Å². The molecule has 0 aromatic heterocycles. The number of rotatable bonds is 2. The Bertz CT molecular complexity index is 76.1. The second-order valence-corrected chi connectivity index (χ2v) is 1.00. The summed E-state index contributed by atoms with van der Waals surface area (Å²) in [7, 11) is 1.33. The predicted molar refractivity (Wildman–Crippen MR) is 25.5 cm³/mol. The van der Waals surface area contributed by atoms with E-state index in [9.17, 15) is 4.79 Å². The van der Waals surface area contributed by atoms with Crippen molar-refractivity contribution < 1.29 is 9.53 Å². The fourth-order valence-electron chi connectivity index (χ4n) is 0.174. The van der Waals surface area contributed by atoms with Crippen molar-refractivity contribution in [2.75, 3.05) is 7.11 Å². The van der Waals surface area contributed by atoms with Crippen LogP contribution in [0.5, 0.6) is 0 Å². The lowest BCUT2D eigenvalue weighted by Crippen LogP contribution is -1.96. The Kier molecular flexibility index (Phi) is 3.02. The zero-order valence-corrected chi connectivity index (χ0v) is 4.23. The summed E-state index contributed by atoms with van der Waals surface area (Å²) < 4.78 is 4.25. The van der Waals surface area contributed by atoms with E-state index in [0.717, 1.165) is 0 Å². The average Bonchev–Trinajstić information content (AvgIpc) is 1.68. The normalized spacial score (nSPS) is 7.57. The summed E-state index contributed by atoms with van der Waals surface area (Å²) in [5.74, 6) is -0.296. The van der Waals surface area contributed by atoms with Crippen LogP contribution in [0.15, 0.2) is 6.58 Å². The highest BCUT2D eigenvalue weighted by molar-refractivity contribution is 5.69. The summed E-state index contributed by atoms with van der Waals surface area (Å²) in [6, 6.07) is 0. The van der Waals surface area contributed by atoms with E-state index < -0.39 is 0 Å². The van der Waals surface area contributed by atoms with Crippen molar-refractivity contribution in [1.29, 1.82) is 0 Å². The summed E-state index contributed by atoms with van der Waals surface area (Å²) in [6.07, 6.45) is 2.57. The minimum absolute atomic E-state index is 0.177. The third kappa shape index (κ3) is 3.03. The molecular formula is C5H7O2. The third-order valence-electron chi connectivity index (χ3n) is 0.497. The number of hydrogen-bond acceptors (Lipinski definition) is 2. The Morgan fingerprint density at radius 3 is 2.71 bits per heavy atom. The number of ether oxygens (including phenoxy) is 1. The number of carbonyl (C=O) groups excluding carboxylic acids is 1. The van der Waals surface area contributed by atoms with Crippen LogP contribution in [-0.4, -0.2) is 13.1 Å². The molecule has 0 aliphatic rings. The fraction of sp³-hybridized carbons (Fsp3) is 0.400. The van der Waals surface area contributed by atoms with Gasteiger partial charge in [-0.05, 0) is 6.08 Å². The molecule has 39 valence electrons. The first-order valence-electron chi connectivity index (χ1n) is 1.88. The van der Waals surface area contributed by atoms with Gasteiger partial charge in [0.2, 0.25) is 0 Å². The minimum Gasteiger partial charge on any atom is -0.469 e. The van der Waals surface area contributed by atoms with E-state index in [4.69, 9.17) is 0 Å². The lowest BCUT2D eigenvalue weighted by molar-refractivity contribution is -0.139. The molecule has 0 aromatic carbocycles. The Balaban J connectivity index is 3.17. The Hall–Kier alpha value is -0.790. The molecule has 0 fully saturated rings. The quantitative estimate of drug-likeness (QED) is 0.472. The van der Waals surface area contributed by atoms with Gasteiger partial charge in [-0.2, -0.15) is 0 Å². The highest BCUT2D eigenvalue weighted by Gasteiger charge is 1.90. The average molecular weight is 99.1 g/mol. The van der Waals surface area contributed by atoms with Gasteiger partial charge in [0.15, 0.2) is 0 Å². The summed E-state index contributed by atoms with van der Waals surface area (Å²) in [5, 5.41) is 0.